The minimum Gasteiger partial charge on any atom is -0.384 e. The Labute approximate surface area is 126 Å². The normalized spacial score (nSPS) is 21.2. The maximum absolute atomic E-state index is 12.5. The monoisotopic (exact) mass is 285 g/mol. The van der Waals surface area contributed by atoms with Gasteiger partial charge in [-0.25, -0.2) is 0 Å². The number of aliphatic hydroxyl groups is 1. The van der Waals surface area contributed by atoms with E-state index in [-0.39, 0.29) is 18.6 Å². The van der Waals surface area contributed by atoms with Gasteiger partial charge in [0.1, 0.15) is 6.61 Å². The molecule has 1 aliphatic rings. The zero-order chi connectivity index (χ0) is 15.1. The molecule has 0 aromatic heterocycles. The number of hydrogen-bond acceptors (Lipinski definition) is 2. The van der Waals surface area contributed by atoms with Crippen molar-refractivity contribution >= 4 is 5.91 Å². The lowest BCUT2D eigenvalue weighted by Crippen LogP contribution is -2.38. The predicted octanol–water partition coefficient (Wildman–Crippen LogP) is 2.73. The molecule has 0 spiro atoms. The Bertz CT molecular complexity index is 542. The summed E-state index contributed by atoms with van der Waals surface area (Å²) >= 11 is 0. The van der Waals surface area contributed by atoms with Crippen LogP contribution in [0, 0.1) is 17.8 Å². The van der Waals surface area contributed by atoms with Gasteiger partial charge in [0.15, 0.2) is 0 Å². The average molecular weight is 285 g/mol. The fourth-order valence-electron chi connectivity index (χ4n) is 2.98. The van der Waals surface area contributed by atoms with Crippen LogP contribution in [0.25, 0.3) is 0 Å². The molecular formula is C18H23NO2. The summed E-state index contributed by atoms with van der Waals surface area (Å²) in [5.41, 5.74) is 1.27. The number of aliphatic hydroxyl groups excluding tert-OH is 1. The molecule has 21 heavy (non-hydrogen) atoms. The highest BCUT2D eigenvalue weighted by Crippen LogP contribution is 2.26. The molecule has 3 nitrogen and oxygen atoms in total. The molecule has 1 amide bonds. The summed E-state index contributed by atoms with van der Waals surface area (Å²) in [4.78, 5) is 12.5. The van der Waals surface area contributed by atoms with Crippen molar-refractivity contribution in [1.29, 1.82) is 0 Å². The molecule has 2 rings (SSSR count). The molecule has 3 heteroatoms. The number of nitrogens with one attached hydrogen (secondary N) is 1. The number of amides is 1. The van der Waals surface area contributed by atoms with Crippen molar-refractivity contribution in [2.24, 2.45) is 5.92 Å². The van der Waals surface area contributed by atoms with Crippen molar-refractivity contribution in [3.63, 3.8) is 0 Å². The molecule has 1 aromatic rings. The van der Waals surface area contributed by atoms with E-state index < -0.39 is 0 Å². The molecule has 112 valence electrons. The third-order valence-electron chi connectivity index (χ3n) is 4.17. The van der Waals surface area contributed by atoms with Crippen LogP contribution in [0.2, 0.25) is 0 Å². The Morgan fingerprint density at radius 3 is 2.95 bits per heavy atom. The van der Waals surface area contributed by atoms with Crippen molar-refractivity contribution < 1.29 is 9.90 Å². The Morgan fingerprint density at radius 1 is 1.38 bits per heavy atom. The number of carbonyl (C=O) groups is 1. The molecule has 1 fully saturated rings. The molecule has 2 unspecified atom stereocenters. The van der Waals surface area contributed by atoms with Crippen molar-refractivity contribution in [1.82, 2.24) is 5.32 Å². The fraction of sp³-hybridized carbons (Fsp3) is 0.500. The lowest BCUT2D eigenvalue weighted by atomic mass is 9.84. The first kappa shape index (κ1) is 15.6. The summed E-state index contributed by atoms with van der Waals surface area (Å²) in [7, 11) is 0. The molecule has 0 radical (unpaired) electrons. The van der Waals surface area contributed by atoms with E-state index in [9.17, 15) is 4.79 Å². The second kappa shape index (κ2) is 7.85. The molecule has 0 bridgehead atoms. The highest BCUT2D eigenvalue weighted by Gasteiger charge is 2.23. The first-order valence-electron chi connectivity index (χ1n) is 7.74. The Balaban J connectivity index is 2.06. The van der Waals surface area contributed by atoms with E-state index >= 15 is 0 Å². The lowest BCUT2D eigenvalue weighted by Gasteiger charge is -2.29. The average Bonchev–Trinajstić information content (AvgIpc) is 2.53. The summed E-state index contributed by atoms with van der Waals surface area (Å²) in [5, 5.41) is 11.9. The van der Waals surface area contributed by atoms with Gasteiger partial charge in [0.2, 0.25) is 0 Å². The zero-order valence-electron chi connectivity index (χ0n) is 12.6. The lowest BCUT2D eigenvalue weighted by molar-refractivity contribution is 0.0919. The van der Waals surface area contributed by atoms with Gasteiger partial charge in [-0.3, -0.25) is 4.79 Å². The molecular weight excluding hydrogens is 262 g/mol. The largest absolute Gasteiger partial charge is 0.384 e. The van der Waals surface area contributed by atoms with Crippen molar-refractivity contribution in [3.8, 4) is 11.8 Å². The van der Waals surface area contributed by atoms with Gasteiger partial charge in [-0.15, -0.1) is 0 Å². The highest BCUT2D eigenvalue weighted by molar-refractivity contribution is 5.96. The maximum Gasteiger partial charge on any atom is 0.252 e. The molecule has 1 aliphatic carbocycles. The van der Waals surface area contributed by atoms with Crippen LogP contribution < -0.4 is 5.32 Å². The van der Waals surface area contributed by atoms with E-state index in [4.69, 9.17) is 5.11 Å². The summed E-state index contributed by atoms with van der Waals surface area (Å²) in [6.07, 6.45) is 5.79. The smallest absolute Gasteiger partial charge is 0.252 e. The quantitative estimate of drug-likeness (QED) is 0.839. The second-order valence-corrected chi connectivity index (χ2v) is 5.62. The van der Waals surface area contributed by atoms with E-state index in [0.29, 0.717) is 11.1 Å². The van der Waals surface area contributed by atoms with E-state index in [0.717, 1.165) is 18.8 Å². The van der Waals surface area contributed by atoms with Crippen LogP contribution in [0.4, 0.5) is 0 Å². The highest BCUT2D eigenvalue weighted by atomic mass is 16.2. The summed E-state index contributed by atoms with van der Waals surface area (Å²) < 4.78 is 0. The SMILES string of the molecule is CCC1CCCC(NC(=O)c2ccccc2C#CCO)C1. The zero-order valence-corrected chi connectivity index (χ0v) is 12.6. The number of rotatable bonds is 3. The van der Waals surface area contributed by atoms with Crippen LogP contribution in [0.1, 0.15) is 54.9 Å². The van der Waals surface area contributed by atoms with Crippen LogP contribution in [0.3, 0.4) is 0 Å². The van der Waals surface area contributed by atoms with Crippen LogP contribution >= 0.6 is 0 Å². The van der Waals surface area contributed by atoms with E-state index in [1.165, 1.54) is 19.3 Å². The second-order valence-electron chi connectivity index (χ2n) is 5.62. The topological polar surface area (TPSA) is 49.3 Å². The Hall–Kier alpha value is -1.79. The summed E-state index contributed by atoms with van der Waals surface area (Å²) in [6.45, 7) is 2.02. The Kier molecular flexibility index (Phi) is 5.83. The summed E-state index contributed by atoms with van der Waals surface area (Å²) in [5.74, 6) is 6.12. The van der Waals surface area contributed by atoms with Crippen molar-refractivity contribution in [3.05, 3.63) is 35.4 Å². The molecule has 1 saturated carbocycles. The maximum atomic E-state index is 12.5. The van der Waals surface area contributed by atoms with E-state index in [1.807, 2.05) is 18.2 Å². The number of hydrogen-bond donors (Lipinski definition) is 2. The van der Waals surface area contributed by atoms with Gasteiger partial charge >= 0.3 is 0 Å². The van der Waals surface area contributed by atoms with Crippen LogP contribution in [0.5, 0.6) is 0 Å². The molecule has 2 atom stereocenters. The molecule has 0 aliphatic heterocycles. The predicted molar refractivity (Wildman–Crippen MR) is 83.9 cm³/mol. The van der Waals surface area contributed by atoms with E-state index in [1.54, 1.807) is 6.07 Å². The molecule has 1 aromatic carbocycles. The third kappa shape index (κ3) is 4.34. The van der Waals surface area contributed by atoms with Crippen molar-refractivity contribution in [2.45, 2.75) is 45.1 Å². The van der Waals surface area contributed by atoms with Gasteiger partial charge in [-0.1, -0.05) is 50.2 Å². The van der Waals surface area contributed by atoms with Gasteiger partial charge in [0.05, 0.1) is 5.56 Å². The van der Waals surface area contributed by atoms with E-state index in [2.05, 4.69) is 24.1 Å². The van der Waals surface area contributed by atoms with Crippen LogP contribution in [-0.4, -0.2) is 23.7 Å². The van der Waals surface area contributed by atoms with Gasteiger partial charge in [0.25, 0.3) is 5.91 Å². The van der Waals surface area contributed by atoms with Gasteiger partial charge in [-0.05, 0) is 30.9 Å². The number of carbonyl (C=O) groups excluding carboxylic acids is 1. The first-order chi connectivity index (χ1) is 10.2. The number of benzene rings is 1. The van der Waals surface area contributed by atoms with Crippen LogP contribution in [-0.2, 0) is 0 Å². The van der Waals surface area contributed by atoms with Gasteiger partial charge in [-0.2, -0.15) is 0 Å². The third-order valence-corrected chi connectivity index (χ3v) is 4.17. The standard InChI is InChI=1S/C18H23NO2/c1-2-14-7-5-10-16(13-14)19-18(21)17-11-4-3-8-15(17)9-6-12-20/h3-4,8,11,14,16,20H,2,5,7,10,12-13H2,1H3,(H,19,21). The van der Waals surface area contributed by atoms with Gasteiger partial charge < -0.3 is 10.4 Å². The minimum absolute atomic E-state index is 0.0559. The first-order valence-corrected chi connectivity index (χ1v) is 7.74. The van der Waals surface area contributed by atoms with Crippen molar-refractivity contribution in [2.75, 3.05) is 6.61 Å². The fourth-order valence-corrected chi connectivity index (χ4v) is 2.98. The Morgan fingerprint density at radius 2 is 2.19 bits per heavy atom. The minimum atomic E-state index is -0.198. The summed E-state index contributed by atoms with van der Waals surface area (Å²) in [6, 6.07) is 7.57. The molecule has 0 saturated heterocycles. The van der Waals surface area contributed by atoms with Crippen LogP contribution in [0.15, 0.2) is 24.3 Å². The molecule has 0 heterocycles. The molecule has 2 N–H and O–H groups in total. The van der Waals surface area contributed by atoms with Gasteiger partial charge in [0, 0.05) is 11.6 Å².